The molecule has 1 rings (SSSR count). The van der Waals surface area contributed by atoms with Crippen LogP contribution in [0.5, 0.6) is 0 Å². The molecule has 0 saturated heterocycles. The maximum Gasteiger partial charge on any atom is 0.319 e. The summed E-state index contributed by atoms with van der Waals surface area (Å²) in [5.41, 5.74) is 6.00. The van der Waals surface area contributed by atoms with E-state index in [1.54, 1.807) is 25.3 Å². The number of carbonyl (C=O) groups is 2. The van der Waals surface area contributed by atoms with Gasteiger partial charge in [0.15, 0.2) is 0 Å². The molecule has 0 spiro atoms. The highest BCUT2D eigenvalue weighted by atomic mass is 16.5. The molecule has 1 aromatic rings. The number of hydrogen-bond acceptors (Lipinski definition) is 3. The molecule has 0 fully saturated rings. The molecule has 0 aliphatic rings. The van der Waals surface area contributed by atoms with Crippen molar-refractivity contribution in [3.63, 3.8) is 0 Å². The summed E-state index contributed by atoms with van der Waals surface area (Å²) in [6.07, 6.45) is 0. The van der Waals surface area contributed by atoms with Crippen molar-refractivity contribution < 1.29 is 14.3 Å². The highest BCUT2D eigenvalue weighted by Gasteiger charge is 2.08. The lowest BCUT2D eigenvalue weighted by molar-refractivity contribution is 0.100. The van der Waals surface area contributed by atoms with E-state index in [2.05, 4.69) is 10.6 Å². The van der Waals surface area contributed by atoms with Crippen LogP contribution in [0.15, 0.2) is 24.3 Å². The van der Waals surface area contributed by atoms with Gasteiger partial charge < -0.3 is 21.1 Å². The molecule has 1 unspecified atom stereocenters. The number of amides is 3. The third kappa shape index (κ3) is 4.42. The van der Waals surface area contributed by atoms with E-state index >= 15 is 0 Å². The van der Waals surface area contributed by atoms with Crippen LogP contribution in [0.2, 0.25) is 0 Å². The minimum atomic E-state index is -0.535. The quantitative estimate of drug-likeness (QED) is 0.727. The summed E-state index contributed by atoms with van der Waals surface area (Å²) in [7, 11) is 1.56. The molecular formula is C12H17N3O3. The molecular weight excluding hydrogens is 234 g/mol. The second kappa shape index (κ2) is 6.61. The Morgan fingerprint density at radius 2 is 2.17 bits per heavy atom. The summed E-state index contributed by atoms with van der Waals surface area (Å²) in [5, 5.41) is 5.30. The Labute approximate surface area is 105 Å². The summed E-state index contributed by atoms with van der Waals surface area (Å²) in [5.74, 6) is -0.535. The molecule has 0 radical (unpaired) electrons. The number of nitrogens with one attached hydrogen (secondary N) is 2. The van der Waals surface area contributed by atoms with Gasteiger partial charge in [-0.2, -0.15) is 0 Å². The first-order valence-corrected chi connectivity index (χ1v) is 5.49. The van der Waals surface area contributed by atoms with Gasteiger partial charge in [0.05, 0.1) is 12.6 Å². The zero-order valence-corrected chi connectivity index (χ0v) is 10.4. The average molecular weight is 251 g/mol. The summed E-state index contributed by atoms with van der Waals surface area (Å²) >= 11 is 0. The SMILES string of the molecule is COCC(C)NC(=O)Nc1cccc(C(N)=O)c1. The molecule has 0 aliphatic carbocycles. The molecule has 1 atom stereocenters. The maximum atomic E-state index is 11.6. The van der Waals surface area contributed by atoms with E-state index < -0.39 is 5.91 Å². The minimum absolute atomic E-state index is 0.102. The normalized spacial score (nSPS) is 11.7. The predicted octanol–water partition coefficient (Wildman–Crippen LogP) is 0.942. The Kier molecular flexibility index (Phi) is 5.13. The lowest BCUT2D eigenvalue weighted by Gasteiger charge is -2.13. The highest BCUT2D eigenvalue weighted by Crippen LogP contribution is 2.09. The molecule has 1 aromatic carbocycles. The van der Waals surface area contributed by atoms with E-state index in [9.17, 15) is 9.59 Å². The monoisotopic (exact) mass is 251 g/mol. The molecule has 0 heterocycles. The Morgan fingerprint density at radius 1 is 1.44 bits per heavy atom. The number of benzene rings is 1. The number of rotatable bonds is 5. The number of urea groups is 1. The smallest absolute Gasteiger partial charge is 0.319 e. The van der Waals surface area contributed by atoms with Crippen LogP contribution in [0.4, 0.5) is 10.5 Å². The fraction of sp³-hybridized carbons (Fsp3) is 0.333. The van der Waals surface area contributed by atoms with Crippen molar-refractivity contribution in [2.24, 2.45) is 5.73 Å². The van der Waals surface area contributed by atoms with Crippen molar-refractivity contribution in [1.82, 2.24) is 5.32 Å². The maximum absolute atomic E-state index is 11.6. The van der Waals surface area contributed by atoms with Crippen LogP contribution in [0.25, 0.3) is 0 Å². The topological polar surface area (TPSA) is 93.4 Å². The second-order valence-corrected chi connectivity index (χ2v) is 3.90. The van der Waals surface area contributed by atoms with Crippen LogP contribution in [0, 0.1) is 0 Å². The van der Waals surface area contributed by atoms with Gasteiger partial charge in [0, 0.05) is 18.4 Å². The van der Waals surface area contributed by atoms with Crippen molar-refractivity contribution in [1.29, 1.82) is 0 Å². The van der Waals surface area contributed by atoms with Crippen LogP contribution >= 0.6 is 0 Å². The van der Waals surface area contributed by atoms with E-state index in [1.165, 1.54) is 6.07 Å². The van der Waals surface area contributed by atoms with Crippen LogP contribution in [-0.4, -0.2) is 31.7 Å². The zero-order valence-electron chi connectivity index (χ0n) is 10.4. The third-order valence-corrected chi connectivity index (χ3v) is 2.20. The molecule has 0 bridgehead atoms. The van der Waals surface area contributed by atoms with Gasteiger partial charge in [0.1, 0.15) is 0 Å². The van der Waals surface area contributed by atoms with Crippen molar-refractivity contribution in [2.75, 3.05) is 19.0 Å². The van der Waals surface area contributed by atoms with Gasteiger partial charge in [0.2, 0.25) is 5.91 Å². The van der Waals surface area contributed by atoms with E-state index in [0.717, 1.165) is 0 Å². The Morgan fingerprint density at radius 3 is 2.78 bits per heavy atom. The number of anilines is 1. The standard InChI is InChI=1S/C12H17N3O3/c1-8(7-18-2)14-12(17)15-10-5-3-4-9(6-10)11(13)16/h3-6,8H,7H2,1-2H3,(H2,13,16)(H2,14,15,17). The van der Waals surface area contributed by atoms with Gasteiger partial charge in [-0.05, 0) is 25.1 Å². The molecule has 3 amide bonds. The fourth-order valence-electron chi connectivity index (χ4n) is 1.43. The van der Waals surface area contributed by atoms with Gasteiger partial charge in [-0.3, -0.25) is 4.79 Å². The van der Waals surface area contributed by atoms with Gasteiger partial charge >= 0.3 is 6.03 Å². The highest BCUT2D eigenvalue weighted by molar-refractivity contribution is 5.95. The van der Waals surface area contributed by atoms with Gasteiger partial charge in [-0.15, -0.1) is 0 Å². The molecule has 0 aliphatic heterocycles. The number of carbonyl (C=O) groups excluding carboxylic acids is 2. The van der Waals surface area contributed by atoms with Crippen molar-refractivity contribution in [3.8, 4) is 0 Å². The molecule has 6 nitrogen and oxygen atoms in total. The largest absolute Gasteiger partial charge is 0.383 e. The number of methoxy groups -OCH3 is 1. The van der Waals surface area contributed by atoms with E-state index in [1.807, 2.05) is 6.92 Å². The van der Waals surface area contributed by atoms with Crippen LogP contribution in [-0.2, 0) is 4.74 Å². The molecule has 0 saturated carbocycles. The molecule has 0 aromatic heterocycles. The average Bonchev–Trinajstić information content (AvgIpc) is 2.29. The van der Waals surface area contributed by atoms with Crippen molar-refractivity contribution >= 4 is 17.6 Å². The van der Waals surface area contributed by atoms with E-state index in [4.69, 9.17) is 10.5 Å². The molecule has 18 heavy (non-hydrogen) atoms. The molecule has 6 heteroatoms. The fourth-order valence-corrected chi connectivity index (χ4v) is 1.43. The Bertz CT molecular complexity index is 434. The van der Waals surface area contributed by atoms with E-state index in [0.29, 0.717) is 17.9 Å². The van der Waals surface area contributed by atoms with Gasteiger partial charge in [-0.1, -0.05) is 6.07 Å². The summed E-state index contributed by atoms with van der Waals surface area (Å²) < 4.78 is 4.90. The first-order valence-electron chi connectivity index (χ1n) is 5.49. The lowest BCUT2D eigenvalue weighted by atomic mass is 10.2. The Balaban J connectivity index is 2.59. The first-order chi connectivity index (χ1) is 8.52. The van der Waals surface area contributed by atoms with Crippen LogP contribution in [0.3, 0.4) is 0 Å². The number of primary amides is 1. The lowest BCUT2D eigenvalue weighted by Crippen LogP contribution is -2.38. The predicted molar refractivity (Wildman–Crippen MR) is 68.5 cm³/mol. The zero-order chi connectivity index (χ0) is 13.5. The number of nitrogens with two attached hydrogens (primary N) is 1. The van der Waals surface area contributed by atoms with Crippen LogP contribution < -0.4 is 16.4 Å². The number of hydrogen-bond donors (Lipinski definition) is 3. The summed E-state index contributed by atoms with van der Waals surface area (Å²) in [4.78, 5) is 22.6. The molecule has 4 N–H and O–H groups in total. The van der Waals surface area contributed by atoms with Gasteiger partial charge in [-0.25, -0.2) is 4.79 Å². The third-order valence-electron chi connectivity index (χ3n) is 2.20. The van der Waals surface area contributed by atoms with E-state index in [-0.39, 0.29) is 12.1 Å². The van der Waals surface area contributed by atoms with Crippen molar-refractivity contribution in [3.05, 3.63) is 29.8 Å². The minimum Gasteiger partial charge on any atom is -0.383 e. The summed E-state index contributed by atoms with van der Waals surface area (Å²) in [6.45, 7) is 2.25. The van der Waals surface area contributed by atoms with Gasteiger partial charge in [0.25, 0.3) is 0 Å². The van der Waals surface area contributed by atoms with Crippen molar-refractivity contribution in [2.45, 2.75) is 13.0 Å². The summed E-state index contributed by atoms with van der Waals surface area (Å²) in [6, 6.07) is 5.96. The Hall–Kier alpha value is -2.08. The van der Waals surface area contributed by atoms with Crippen LogP contribution in [0.1, 0.15) is 17.3 Å². The first kappa shape index (κ1) is 14.0. The molecule has 98 valence electrons. The second-order valence-electron chi connectivity index (χ2n) is 3.90. The number of ether oxygens (including phenoxy) is 1.